The number of benzene rings is 1. The second-order valence-corrected chi connectivity index (χ2v) is 4.15. The Labute approximate surface area is 105 Å². The van der Waals surface area contributed by atoms with E-state index >= 15 is 0 Å². The van der Waals surface area contributed by atoms with Crippen molar-refractivity contribution in [1.29, 1.82) is 0 Å². The lowest BCUT2D eigenvalue weighted by Gasteiger charge is -2.11. The first kappa shape index (κ1) is 12.3. The zero-order valence-electron chi connectivity index (χ0n) is 10.1. The van der Waals surface area contributed by atoms with E-state index in [1.54, 1.807) is 12.1 Å². The van der Waals surface area contributed by atoms with E-state index in [1.165, 1.54) is 17.1 Å². The number of anilines is 1. The summed E-state index contributed by atoms with van der Waals surface area (Å²) in [6.45, 7) is 2.04. The number of hydrazone groups is 1. The number of carbonyl (C=O) groups excluding carboxylic acids is 1. The van der Waals surface area contributed by atoms with Crippen molar-refractivity contribution in [3.63, 3.8) is 0 Å². The molecule has 94 valence electrons. The van der Waals surface area contributed by atoms with Crippen LogP contribution in [0.1, 0.15) is 36.5 Å². The van der Waals surface area contributed by atoms with Crippen molar-refractivity contribution in [2.75, 3.05) is 5.01 Å². The van der Waals surface area contributed by atoms with Crippen molar-refractivity contribution in [3.05, 3.63) is 29.8 Å². The van der Waals surface area contributed by atoms with Crippen LogP contribution in [0.25, 0.3) is 0 Å². The Bertz CT molecular complexity index is 505. The average molecular weight is 246 g/mol. The monoisotopic (exact) mass is 246 g/mol. The van der Waals surface area contributed by atoms with Gasteiger partial charge >= 0.3 is 5.97 Å². The van der Waals surface area contributed by atoms with Gasteiger partial charge in [0.15, 0.2) is 0 Å². The number of carboxylic acids is 1. The minimum absolute atomic E-state index is 0.0680. The van der Waals surface area contributed by atoms with Gasteiger partial charge in [-0.1, -0.05) is 13.3 Å². The standard InChI is InChI=1S/C13H14N2O3/c1-2-3-10-8-12(16)15(14-10)11-6-4-9(5-7-11)13(17)18/h4-7H,2-3,8H2,1H3,(H,17,18). The molecule has 18 heavy (non-hydrogen) atoms. The molecule has 0 fully saturated rings. The van der Waals surface area contributed by atoms with Crippen molar-refractivity contribution in [3.8, 4) is 0 Å². The normalized spacial score (nSPS) is 14.8. The highest BCUT2D eigenvalue weighted by Gasteiger charge is 2.24. The van der Waals surface area contributed by atoms with Crippen molar-refractivity contribution < 1.29 is 14.7 Å². The first-order chi connectivity index (χ1) is 8.61. The molecule has 5 nitrogen and oxygen atoms in total. The van der Waals surface area contributed by atoms with Gasteiger partial charge < -0.3 is 5.11 Å². The van der Waals surface area contributed by atoms with Crippen LogP contribution in [0, 0.1) is 0 Å². The van der Waals surface area contributed by atoms with Gasteiger partial charge in [-0.25, -0.2) is 9.80 Å². The van der Waals surface area contributed by atoms with Crippen LogP contribution in [0.4, 0.5) is 5.69 Å². The van der Waals surface area contributed by atoms with Gasteiger partial charge in [-0.3, -0.25) is 4.79 Å². The molecular formula is C13H14N2O3. The fourth-order valence-electron chi connectivity index (χ4n) is 1.86. The van der Waals surface area contributed by atoms with Gasteiger partial charge in [-0.15, -0.1) is 0 Å². The van der Waals surface area contributed by atoms with Crippen LogP contribution in [-0.2, 0) is 4.79 Å². The highest BCUT2D eigenvalue weighted by Crippen LogP contribution is 2.22. The molecule has 0 saturated heterocycles. The van der Waals surface area contributed by atoms with Crippen LogP contribution in [0.5, 0.6) is 0 Å². The first-order valence-corrected chi connectivity index (χ1v) is 5.84. The summed E-state index contributed by atoms with van der Waals surface area (Å²) in [4.78, 5) is 22.5. The molecule has 1 aliphatic rings. The van der Waals surface area contributed by atoms with Crippen molar-refractivity contribution in [2.45, 2.75) is 26.2 Å². The second kappa shape index (κ2) is 5.00. The molecule has 1 N–H and O–H groups in total. The highest BCUT2D eigenvalue weighted by atomic mass is 16.4. The topological polar surface area (TPSA) is 70.0 Å². The third kappa shape index (κ3) is 2.40. The molecule has 1 amide bonds. The number of aromatic carboxylic acids is 1. The molecule has 0 unspecified atom stereocenters. The maximum absolute atomic E-state index is 11.8. The van der Waals surface area contributed by atoms with Gasteiger partial charge in [-0.2, -0.15) is 5.10 Å². The summed E-state index contributed by atoms with van der Waals surface area (Å²) in [5, 5.41) is 14.4. The van der Waals surface area contributed by atoms with Gasteiger partial charge in [0, 0.05) is 5.71 Å². The summed E-state index contributed by atoms with van der Waals surface area (Å²) in [6.07, 6.45) is 2.13. The number of amides is 1. The van der Waals surface area contributed by atoms with E-state index in [0.29, 0.717) is 12.1 Å². The van der Waals surface area contributed by atoms with E-state index in [2.05, 4.69) is 5.10 Å². The van der Waals surface area contributed by atoms with Gasteiger partial charge in [-0.05, 0) is 30.7 Å². The molecule has 0 aliphatic carbocycles. The molecule has 1 heterocycles. The van der Waals surface area contributed by atoms with Gasteiger partial charge in [0.2, 0.25) is 0 Å². The molecular weight excluding hydrogens is 232 g/mol. The smallest absolute Gasteiger partial charge is 0.335 e. The number of nitrogens with zero attached hydrogens (tertiary/aromatic N) is 2. The van der Waals surface area contributed by atoms with Crippen LogP contribution in [0.3, 0.4) is 0 Å². The van der Waals surface area contributed by atoms with Crippen molar-refractivity contribution in [1.82, 2.24) is 0 Å². The number of carbonyl (C=O) groups is 2. The van der Waals surface area contributed by atoms with Gasteiger partial charge in [0.25, 0.3) is 5.91 Å². The Morgan fingerprint density at radius 1 is 1.39 bits per heavy atom. The number of hydrogen-bond donors (Lipinski definition) is 1. The third-order valence-electron chi connectivity index (χ3n) is 2.73. The largest absolute Gasteiger partial charge is 0.478 e. The van der Waals surface area contributed by atoms with Crippen LogP contribution < -0.4 is 5.01 Å². The van der Waals surface area contributed by atoms with E-state index in [0.717, 1.165) is 18.6 Å². The fourth-order valence-corrected chi connectivity index (χ4v) is 1.86. The Morgan fingerprint density at radius 3 is 2.61 bits per heavy atom. The summed E-state index contributed by atoms with van der Waals surface area (Å²) in [5.74, 6) is -1.05. The zero-order chi connectivity index (χ0) is 13.1. The molecule has 0 saturated carbocycles. The molecule has 5 heteroatoms. The Morgan fingerprint density at radius 2 is 2.06 bits per heavy atom. The number of hydrogen-bond acceptors (Lipinski definition) is 3. The van der Waals surface area contributed by atoms with E-state index in [4.69, 9.17) is 5.11 Å². The zero-order valence-corrected chi connectivity index (χ0v) is 10.1. The summed E-state index contributed by atoms with van der Waals surface area (Å²) in [5.41, 5.74) is 1.68. The molecule has 0 aromatic heterocycles. The lowest BCUT2D eigenvalue weighted by Crippen LogP contribution is -2.19. The highest BCUT2D eigenvalue weighted by molar-refractivity contribution is 6.13. The maximum atomic E-state index is 11.8. The lowest BCUT2D eigenvalue weighted by atomic mass is 10.1. The minimum Gasteiger partial charge on any atom is -0.478 e. The Kier molecular flexibility index (Phi) is 3.41. The van der Waals surface area contributed by atoms with Crippen LogP contribution in [-0.4, -0.2) is 22.7 Å². The molecule has 1 aromatic carbocycles. The SMILES string of the molecule is CCCC1=NN(c2ccc(C(=O)O)cc2)C(=O)C1. The van der Waals surface area contributed by atoms with E-state index in [9.17, 15) is 9.59 Å². The predicted molar refractivity (Wildman–Crippen MR) is 67.8 cm³/mol. The van der Waals surface area contributed by atoms with E-state index in [-0.39, 0.29) is 11.5 Å². The second-order valence-electron chi connectivity index (χ2n) is 4.15. The van der Waals surface area contributed by atoms with Crippen LogP contribution in [0.15, 0.2) is 29.4 Å². The summed E-state index contributed by atoms with van der Waals surface area (Å²) in [7, 11) is 0. The van der Waals surface area contributed by atoms with Gasteiger partial charge in [0.1, 0.15) is 0 Å². The Hall–Kier alpha value is -2.17. The van der Waals surface area contributed by atoms with Crippen molar-refractivity contribution in [2.24, 2.45) is 5.10 Å². The third-order valence-corrected chi connectivity index (χ3v) is 2.73. The average Bonchev–Trinajstić information content (AvgIpc) is 2.71. The maximum Gasteiger partial charge on any atom is 0.335 e. The molecule has 0 bridgehead atoms. The lowest BCUT2D eigenvalue weighted by molar-refractivity contribution is -0.116. The number of carboxylic acid groups (broad SMARTS) is 1. The summed E-state index contributed by atoms with van der Waals surface area (Å²) < 4.78 is 0. The van der Waals surface area contributed by atoms with Crippen LogP contribution in [0.2, 0.25) is 0 Å². The first-order valence-electron chi connectivity index (χ1n) is 5.84. The van der Waals surface area contributed by atoms with Crippen molar-refractivity contribution >= 4 is 23.3 Å². The number of rotatable bonds is 4. The molecule has 0 radical (unpaired) electrons. The summed E-state index contributed by atoms with van der Waals surface area (Å²) >= 11 is 0. The molecule has 0 atom stereocenters. The summed E-state index contributed by atoms with van der Waals surface area (Å²) in [6, 6.07) is 6.13. The molecule has 1 aromatic rings. The van der Waals surface area contributed by atoms with Gasteiger partial charge in [0.05, 0.1) is 17.7 Å². The van der Waals surface area contributed by atoms with Crippen LogP contribution >= 0.6 is 0 Å². The molecule has 2 rings (SSSR count). The predicted octanol–water partition coefficient (Wildman–Crippen LogP) is 2.28. The minimum atomic E-state index is -0.982. The Balaban J connectivity index is 2.21. The van der Waals surface area contributed by atoms with E-state index < -0.39 is 5.97 Å². The molecule has 1 aliphatic heterocycles. The molecule has 0 spiro atoms. The fraction of sp³-hybridized carbons (Fsp3) is 0.308. The quantitative estimate of drug-likeness (QED) is 0.885. The van der Waals surface area contributed by atoms with E-state index in [1.807, 2.05) is 6.92 Å².